The molecule has 0 bridgehead atoms. The molecule has 2 aliphatic heterocycles. The van der Waals surface area contributed by atoms with Crippen LogP contribution in [0.1, 0.15) is 48.9 Å². The predicted octanol–water partition coefficient (Wildman–Crippen LogP) is 5.29. The Morgan fingerprint density at radius 3 is 2.36 bits per heavy atom. The number of piperidine rings is 2. The lowest BCUT2D eigenvalue weighted by Gasteiger charge is -2.43. The van der Waals surface area contributed by atoms with E-state index in [1.165, 1.54) is 12.1 Å². The Morgan fingerprint density at radius 2 is 1.64 bits per heavy atom. The fourth-order valence-electron chi connectivity index (χ4n) is 4.84. The van der Waals surface area contributed by atoms with E-state index in [-0.39, 0.29) is 17.6 Å². The van der Waals surface area contributed by atoms with Crippen molar-refractivity contribution in [1.82, 2.24) is 9.80 Å². The highest BCUT2D eigenvalue weighted by Crippen LogP contribution is 2.36. The molecule has 2 fully saturated rings. The molecule has 1 atom stereocenters. The summed E-state index contributed by atoms with van der Waals surface area (Å²) in [5, 5.41) is 0. The molecule has 0 radical (unpaired) electrons. The first-order valence-corrected chi connectivity index (χ1v) is 12.5. The molecule has 2 aromatic carbocycles. The second kappa shape index (κ2) is 10.7. The first-order chi connectivity index (χ1) is 16.0. The smallest absolute Gasteiger partial charge is 0.255 e. The van der Waals surface area contributed by atoms with Gasteiger partial charge in [0.05, 0.1) is 12.2 Å². The topological polar surface area (TPSA) is 49.9 Å². The minimum Gasteiger partial charge on any atom is -0.493 e. The summed E-state index contributed by atoms with van der Waals surface area (Å²) >= 11 is 3.49. The van der Waals surface area contributed by atoms with E-state index in [0.717, 1.165) is 49.7 Å². The largest absolute Gasteiger partial charge is 0.493 e. The normalized spacial score (nSPS) is 21.0. The number of carbonyl (C=O) groups excluding carboxylic acids is 2. The van der Waals surface area contributed by atoms with Gasteiger partial charge in [-0.15, -0.1) is 0 Å². The molecule has 2 amide bonds. The first-order valence-electron chi connectivity index (χ1n) is 11.7. The van der Waals surface area contributed by atoms with Crippen LogP contribution in [0.5, 0.6) is 5.75 Å². The molecule has 2 saturated heterocycles. The third-order valence-electron chi connectivity index (χ3n) is 6.65. The van der Waals surface area contributed by atoms with Gasteiger partial charge < -0.3 is 14.5 Å². The Hall–Kier alpha value is -2.41. The molecule has 0 aromatic heterocycles. The van der Waals surface area contributed by atoms with Gasteiger partial charge in [-0.1, -0.05) is 12.1 Å². The van der Waals surface area contributed by atoms with Gasteiger partial charge in [0, 0.05) is 42.5 Å². The van der Waals surface area contributed by atoms with Crippen LogP contribution in [0.25, 0.3) is 0 Å². The summed E-state index contributed by atoms with van der Waals surface area (Å²) in [5.74, 6) is 0.335. The molecule has 2 aromatic rings. The maximum atomic E-state index is 13.3. The number of halogens is 2. The number of likely N-dealkylation sites (tertiary alicyclic amines) is 2. The fourth-order valence-corrected chi connectivity index (χ4v) is 5.30. The molecule has 4 rings (SSSR count). The molecule has 5 nitrogen and oxygen atoms in total. The Morgan fingerprint density at radius 1 is 0.939 bits per heavy atom. The van der Waals surface area contributed by atoms with Crippen molar-refractivity contribution in [2.24, 2.45) is 5.41 Å². The summed E-state index contributed by atoms with van der Waals surface area (Å²) in [6.45, 7) is 3.00. The van der Waals surface area contributed by atoms with E-state index in [1.54, 1.807) is 12.1 Å². The van der Waals surface area contributed by atoms with Gasteiger partial charge in [0.2, 0.25) is 5.91 Å². The Kier molecular flexibility index (Phi) is 7.68. The van der Waals surface area contributed by atoms with Crippen LogP contribution in [0.4, 0.5) is 4.39 Å². The molecule has 0 aliphatic carbocycles. The fraction of sp³-hybridized carbons (Fsp3) is 0.462. The second-order valence-corrected chi connectivity index (χ2v) is 10.0. The molecule has 0 spiro atoms. The van der Waals surface area contributed by atoms with Crippen molar-refractivity contribution in [2.75, 3.05) is 32.8 Å². The van der Waals surface area contributed by atoms with Crippen LogP contribution >= 0.6 is 15.9 Å². The predicted molar refractivity (Wildman–Crippen MR) is 129 cm³/mol. The standard InChI is InChI=1S/C26H30BrFN2O3/c27-23-8-3-2-7-22(23)25(32)30-16-6-13-26(18-30,17-24(31)29-14-4-1-5-15-29)19-33-21-11-9-20(28)10-12-21/h2-3,7-12H,1,4-6,13-19H2/t26-/m0/s1. The zero-order valence-corrected chi connectivity index (χ0v) is 20.4. The van der Waals surface area contributed by atoms with E-state index in [1.807, 2.05) is 34.1 Å². The maximum Gasteiger partial charge on any atom is 0.255 e. The van der Waals surface area contributed by atoms with Gasteiger partial charge in [0.1, 0.15) is 11.6 Å². The summed E-state index contributed by atoms with van der Waals surface area (Å²) in [4.78, 5) is 30.4. The van der Waals surface area contributed by atoms with Crippen LogP contribution in [0.15, 0.2) is 53.0 Å². The SMILES string of the molecule is O=C(C[C@@]1(COc2ccc(F)cc2)CCCN(C(=O)c2ccccc2Br)C1)N1CCCCC1. The maximum absolute atomic E-state index is 13.3. The second-order valence-electron chi connectivity index (χ2n) is 9.17. The molecule has 176 valence electrons. The highest BCUT2D eigenvalue weighted by Gasteiger charge is 2.41. The minimum absolute atomic E-state index is 0.0428. The third kappa shape index (κ3) is 5.94. The average molecular weight is 517 g/mol. The number of benzene rings is 2. The number of hydrogen-bond donors (Lipinski definition) is 0. The molecule has 0 unspecified atom stereocenters. The highest BCUT2D eigenvalue weighted by molar-refractivity contribution is 9.10. The van der Waals surface area contributed by atoms with Gasteiger partial charge in [-0.2, -0.15) is 0 Å². The summed E-state index contributed by atoms with van der Waals surface area (Å²) in [5.41, 5.74) is 0.132. The summed E-state index contributed by atoms with van der Waals surface area (Å²) in [6.07, 6.45) is 5.18. The van der Waals surface area contributed by atoms with Crippen molar-refractivity contribution in [3.63, 3.8) is 0 Å². The molecule has 33 heavy (non-hydrogen) atoms. The molecule has 0 saturated carbocycles. The summed E-state index contributed by atoms with van der Waals surface area (Å²) < 4.78 is 20.1. The lowest BCUT2D eigenvalue weighted by atomic mass is 9.77. The molecule has 7 heteroatoms. The van der Waals surface area contributed by atoms with E-state index < -0.39 is 5.41 Å². The number of nitrogens with zero attached hydrogens (tertiary/aromatic N) is 2. The highest BCUT2D eigenvalue weighted by atomic mass is 79.9. The third-order valence-corrected chi connectivity index (χ3v) is 7.34. The molecule has 2 aliphatic rings. The number of ether oxygens (including phenoxy) is 1. The molecule has 0 N–H and O–H groups in total. The Labute approximate surface area is 203 Å². The van der Waals surface area contributed by atoms with Crippen LogP contribution in [0.2, 0.25) is 0 Å². The van der Waals surface area contributed by atoms with Crippen molar-refractivity contribution in [3.8, 4) is 5.75 Å². The molecular weight excluding hydrogens is 487 g/mol. The minimum atomic E-state index is -0.488. The lowest BCUT2D eigenvalue weighted by molar-refractivity contribution is -0.136. The van der Waals surface area contributed by atoms with Gasteiger partial charge in [-0.25, -0.2) is 4.39 Å². The van der Waals surface area contributed by atoms with Gasteiger partial charge >= 0.3 is 0 Å². The van der Waals surface area contributed by atoms with Gasteiger partial charge in [-0.3, -0.25) is 9.59 Å². The Bertz CT molecular complexity index is 978. The zero-order valence-electron chi connectivity index (χ0n) is 18.8. The van der Waals surface area contributed by atoms with E-state index >= 15 is 0 Å². The number of rotatable bonds is 6. The number of hydrogen-bond acceptors (Lipinski definition) is 3. The molecule has 2 heterocycles. The number of amides is 2. The van der Waals surface area contributed by atoms with Crippen LogP contribution in [-0.4, -0.2) is 54.4 Å². The summed E-state index contributed by atoms with van der Waals surface area (Å²) in [7, 11) is 0. The van der Waals surface area contributed by atoms with Crippen LogP contribution in [-0.2, 0) is 4.79 Å². The monoisotopic (exact) mass is 516 g/mol. The van der Waals surface area contributed by atoms with Crippen molar-refractivity contribution in [1.29, 1.82) is 0 Å². The number of carbonyl (C=O) groups is 2. The van der Waals surface area contributed by atoms with Gasteiger partial charge in [-0.05, 0) is 84.4 Å². The summed E-state index contributed by atoms with van der Waals surface area (Å²) in [6, 6.07) is 13.3. The Balaban J connectivity index is 1.54. The lowest BCUT2D eigenvalue weighted by Crippen LogP contribution is -2.51. The van der Waals surface area contributed by atoms with Crippen LogP contribution < -0.4 is 4.74 Å². The van der Waals surface area contributed by atoms with E-state index in [0.29, 0.717) is 37.4 Å². The van der Waals surface area contributed by atoms with Gasteiger partial charge in [0.25, 0.3) is 5.91 Å². The first kappa shape index (κ1) is 23.7. The van der Waals surface area contributed by atoms with Gasteiger partial charge in [0.15, 0.2) is 0 Å². The van der Waals surface area contributed by atoms with E-state index in [4.69, 9.17) is 4.74 Å². The van der Waals surface area contributed by atoms with Crippen LogP contribution in [0, 0.1) is 11.2 Å². The zero-order chi connectivity index (χ0) is 23.3. The van der Waals surface area contributed by atoms with E-state index in [2.05, 4.69) is 15.9 Å². The average Bonchev–Trinajstić information content (AvgIpc) is 2.84. The van der Waals surface area contributed by atoms with Crippen molar-refractivity contribution < 1.29 is 18.7 Å². The van der Waals surface area contributed by atoms with Crippen molar-refractivity contribution in [3.05, 3.63) is 64.4 Å². The van der Waals surface area contributed by atoms with Crippen molar-refractivity contribution >= 4 is 27.7 Å². The molecular formula is C26H30BrFN2O3. The van der Waals surface area contributed by atoms with Crippen molar-refractivity contribution in [2.45, 2.75) is 38.5 Å². The quantitative estimate of drug-likeness (QED) is 0.523. The van der Waals surface area contributed by atoms with E-state index in [9.17, 15) is 14.0 Å². The van der Waals surface area contributed by atoms with Crippen LogP contribution in [0.3, 0.4) is 0 Å².